The molecule has 8 aromatic rings. The molecule has 3 atom stereocenters. The second-order valence-corrected chi connectivity index (χ2v) is 16.3. The first-order valence-corrected chi connectivity index (χ1v) is 18.7. The number of benzene rings is 6. The predicted octanol–water partition coefficient (Wildman–Crippen LogP) is 12.0. The number of nitrogens with zero attached hydrogens (tertiary/aromatic N) is 3. The van der Waals surface area contributed by atoms with E-state index in [0.717, 1.165) is 29.1 Å². The Morgan fingerprint density at radius 2 is 1.44 bits per heavy atom. The van der Waals surface area contributed by atoms with E-state index in [1.165, 1.54) is 70.7 Å². The zero-order valence-corrected chi connectivity index (χ0v) is 29.1. The van der Waals surface area contributed by atoms with E-state index in [2.05, 4.69) is 153 Å². The van der Waals surface area contributed by atoms with Crippen molar-refractivity contribution in [2.75, 3.05) is 0 Å². The first-order valence-electron chi connectivity index (χ1n) is 17.8. The van der Waals surface area contributed by atoms with E-state index >= 15 is 0 Å². The maximum Gasteiger partial charge on any atom is 0.235 e. The molecule has 3 aliphatic rings. The van der Waals surface area contributed by atoms with Crippen molar-refractivity contribution in [1.29, 1.82) is 0 Å². The van der Waals surface area contributed by atoms with E-state index in [9.17, 15) is 0 Å². The Bertz CT molecular complexity index is 2790. The second kappa shape index (κ2) is 10.2. The van der Waals surface area contributed by atoms with Crippen LogP contribution in [0.3, 0.4) is 0 Å². The Morgan fingerprint density at radius 3 is 2.32 bits per heavy atom. The summed E-state index contributed by atoms with van der Waals surface area (Å²) in [4.78, 5) is 12.4. The number of fused-ring (bicyclic) bond motifs is 12. The Balaban J connectivity index is 1.22. The van der Waals surface area contributed by atoms with Gasteiger partial charge in [-0.1, -0.05) is 124 Å². The monoisotopic (exact) mass is 661 g/mol. The highest BCUT2D eigenvalue weighted by Crippen LogP contribution is 2.55. The first kappa shape index (κ1) is 28.6. The van der Waals surface area contributed by atoms with Gasteiger partial charge in [-0.05, 0) is 80.4 Å². The van der Waals surface area contributed by atoms with Crippen molar-refractivity contribution in [3.05, 3.63) is 144 Å². The molecule has 50 heavy (non-hydrogen) atoms. The third kappa shape index (κ3) is 3.88. The van der Waals surface area contributed by atoms with Crippen molar-refractivity contribution < 1.29 is 0 Å². The summed E-state index contributed by atoms with van der Waals surface area (Å²) in [5.74, 6) is 1.59. The van der Waals surface area contributed by atoms with E-state index in [1.54, 1.807) is 0 Å². The molecule has 0 saturated heterocycles. The van der Waals surface area contributed by atoms with Gasteiger partial charge in [-0.15, -0.1) is 11.8 Å². The Kier molecular flexibility index (Phi) is 5.83. The van der Waals surface area contributed by atoms with Gasteiger partial charge in [0.15, 0.2) is 0 Å². The van der Waals surface area contributed by atoms with Crippen molar-refractivity contribution in [2.45, 2.75) is 48.7 Å². The van der Waals surface area contributed by atoms with Gasteiger partial charge in [-0.25, -0.2) is 9.97 Å². The third-order valence-corrected chi connectivity index (χ3v) is 13.1. The fourth-order valence-electron chi connectivity index (χ4n) is 9.20. The number of allylic oxidation sites excluding steroid dienone is 2. The van der Waals surface area contributed by atoms with Crippen molar-refractivity contribution in [3.63, 3.8) is 0 Å². The summed E-state index contributed by atoms with van der Waals surface area (Å²) in [6.07, 6.45) is 5.97. The summed E-state index contributed by atoms with van der Waals surface area (Å²) in [5.41, 5.74) is 11.0. The quantitative estimate of drug-likeness (QED) is 0.173. The van der Waals surface area contributed by atoms with Crippen LogP contribution in [0.1, 0.15) is 49.9 Å². The molecule has 0 spiro atoms. The Hall–Kier alpha value is -5.19. The molecule has 0 saturated carbocycles. The molecule has 0 radical (unpaired) electrons. The average molecular weight is 662 g/mol. The minimum atomic E-state index is -0.0881. The molecule has 11 rings (SSSR count). The molecular formula is C46H35N3S. The van der Waals surface area contributed by atoms with Crippen LogP contribution in [0.2, 0.25) is 0 Å². The topological polar surface area (TPSA) is 30.7 Å². The zero-order chi connectivity index (χ0) is 33.3. The zero-order valence-electron chi connectivity index (χ0n) is 28.3. The highest BCUT2D eigenvalue weighted by atomic mass is 32.2. The van der Waals surface area contributed by atoms with Gasteiger partial charge in [0.2, 0.25) is 5.95 Å². The SMILES string of the molecule is C[C@H]1C=CC2c3nc(-n4c5cc6ccccc6cc5c5c6ccccc6ccc54)nc(-c4ccc5c(c4)C(C)(C)c4ccccc4-5)c3SC2C1. The van der Waals surface area contributed by atoms with Crippen LogP contribution < -0.4 is 0 Å². The van der Waals surface area contributed by atoms with Gasteiger partial charge in [0, 0.05) is 32.9 Å². The third-order valence-electron chi connectivity index (χ3n) is 11.7. The fraction of sp³-hybridized carbons (Fsp3) is 0.174. The van der Waals surface area contributed by atoms with Crippen molar-refractivity contribution in [3.8, 4) is 28.3 Å². The van der Waals surface area contributed by atoms with Gasteiger partial charge in [-0.3, -0.25) is 4.57 Å². The van der Waals surface area contributed by atoms with Crippen LogP contribution in [0.5, 0.6) is 0 Å². The lowest BCUT2D eigenvalue weighted by molar-refractivity contribution is 0.559. The number of rotatable bonds is 2. The lowest BCUT2D eigenvalue weighted by Crippen LogP contribution is -2.17. The smallest absolute Gasteiger partial charge is 0.235 e. The number of thioether (sulfide) groups is 1. The standard InChI is InChI=1S/C46H35N3S/c1-26-16-19-34-40(22-26)50-44-42(30-17-20-33-32-14-8-9-15-36(32)46(2,3)37(33)24-30)47-45(48-43(34)44)49-38-21-18-27-10-6-7-13-31(27)41(38)35-23-28-11-4-5-12-29(28)25-39(35)49/h4-21,23-26,34,40H,22H2,1-3H3/t26-,34?,40?/m0/s1. The largest absolute Gasteiger partial charge is 0.278 e. The summed E-state index contributed by atoms with van der Waals surface area (Å²) in [5, 5.41) is 7.91. The first-order chi connectivity index (χ1) is 24.4. The maximum absolute atomic E-state index is 5.62. The predicted molar refractivity (Wildman–Crippen MR) is 210 cm³/mol. The molecule has 240 valence electrons. The Labute approximate surface area is 295 Å². The molecule has 0 amide bonds. The highest BCUT2D eigenvalue weighted by Gasteiger charge is 2.40. The summed E-state index contributed by atoms with van der Waals surface area (Å²) in [6.45, 7) is 7.06. The van der Waals surface area contributed by atoms with Crippen LogP contribution in [-0.4, -0.2) is 19.8 Å². The number of aromatic nitrogens is 3. The van der Waals surface area contributed by atoms with Crippen LogP contribution in [0.4, 0.5) is 0 Å². The number of hydrogen-bond acceptors (Lipinski definition) is 3. The number of hydrogen-bond donors (Lipinski definition) is 0. The summed E-state index contributed by atoms with van der Waals surface area (Å²) in [7, 11) is 0. The Morgan fingerprint density at radius 1 is 0.680 bits per heavy atom. The van der Waals surface area contributed by atoms with E-state index in [-0.39, 0.29) is 11.3 Å². The van der Waals surface area contributed by atoms with Crippen LogP contribution in [0.25, 0.3) is 71.7 Å². The molecule has 4 heteroatoms. The molecule has 0 bridgehead atoms. The molecule has 2 aromatic heterocycles. The highest BCUT2D eigenvalue weighted by molar-refractivity contribution is 8.00. The minimum absolute atomic E-state index is 0.0881. The molecule has 2 aliphatic carbocycles. The average Bonchev–Trinajstić information content (AvgIpc) is 3.75. The normalized spacial score (nSPS) is 20.0. The summed E-state index contributed by atoms with van der Waals surface area (Å²) >= 11 is 2.00. The second-order valence-electron chi connectivity index (χ2n) is 15.0. The van der Waals surface area contributed by atoms with Gasteiger partial charge in [0.05, 0.1) is 27.3 Å². The van der Waals surface area contributed by atoms with Crippen LogP contribution in [-0.2, 0) is 5.41 Å². The van der Waals surface area contributed by atoms with Crippen LogP contribution in [0, 0.1) is 5.92 Å². The van der Waals surface area contributed by atoms with Gasteiger partial charge < -0.3 is 0 Å². The molecule has 2 unspecified atom stereocenters. The van der Waals surface area contributed by atoms with Gasteiger partial charge >= 0.3 is 0 Å². The molecule has 6 aromatic carbocycles. The van der Waals surface area contributed by atoms with Crippen LogP contribution >= 0.6 is 11.8 Å². The van der Waals surface area contributed by atoms with E-state index < -0.39 is 0 Å². The summed E-state index contributed by atoms with van der Waals surface area (Å²) < 4.78 is 2.34. The molecular weight excluding hydrogens is 627 g/mol. The molecule has 1 aliphatic heterocycles. The molecule has 0 fully saturated rings. The van der Waals surface area contributed by atoms with E-state index in [4.69, 9.17) is 9.97 Å². The van der Waals surface area contributed by atoms with Gasteiger partial charge in [0.1, 0.15) is 0 Å². The van der Waals surface area contributed by atoms with Gasteiger partial charge in [-0.2, -0.15) is 0 Å². The molecule has 3 nitrogen and oxygen atoms in total. The lowest BCUT2D eigenvalue weighted by Gasteiger charge is -2.23. The van der Waals surface area contributed by atoms with E-state index in [1.807, 2.05) is 11.8 Å². The van der Waals surface area contributed by atoms with Crippen molar-refractivity contribution >= 4 is 55.1 Å². The van der Waals surface area contributed by atoms with E-state index in [0.29, 0.717) is 11.2 Å². The van der Waals surface area contributed by atoms with Crippen molar-refractivity contribution in [1.82, 2.24) is 14.5 Å². The lowest BCUT2D eigenvalue weighted by atomic mass is 9.82. The van der Waals surface area contributed by atoms with Crippen LogP contribution in [0.15, 0.2) is 132 Å². The minimum Gasteiger partial charge on any atom is -0.278 e. The molecule has 3 heterocycles. The molecule has 0 N–H and O–H groups in total. The fourth-order valence-corrected chi connectivity index (χ4v) is 10.8. The van der Waals surface area contributed by atoms with Crippen molar-refractivity contribution in [2.24, 2.45) is 5.92 Å². The summed E-state index contributed by atoms with van der Waals surface area (Å²) in [6, 6.07) is 42.6. The maximum atomic E-state index is 5.62. The van der Waals surface area contributed by atoms with Gasteiger partial charge in [0.25, 0.3) is 0 Å².